The third kappa shape index (κ3) is 6.38. The molecule has 4 nitrogen and oxygen atoms in total. The van der Waals surface area contributed by atoms with Gasteiger partial charge in [0.15, 0.2) is 0 Å². The zero-order valence-electron chi connectivity index (χ0n) is 10.9. The van der Waals surface area contributed by atoms with Crippen molar-refractivity contribution in [1.82, 2.24) is 5.32 Å². The molecule has 0 aromatic heterocycles. The number of hydrogen-bond acceptors (Lipinski definition) is 3. The highest BCUT2D eigenvalue weighted by Gasteiger charge is 2.17. The Morgan fingerprint density at radius 1 is 1.45 bits per heavy atom. The van der Waals surface area contributed by atoms with Crippen molar-refractivity contribution in [3.63, 3.8) is 0 Å². The van der Waals surface area contributed by atoms with Crippen molar-refractivity contribution in [2.45, 2.75) is 25.1 Å². The molecule has 0 aliphatic carbocycles. The van der Waals surface area contributed by atoms with E-state index in [9.17, 15) is 14.0 Å². The average Bonchev–Trinajstić information content (AvgIpc) is 2.31. The van der Waals surface area contributed by atoms with Crippen molar-refractivity contribution in [2.24, 2.45) is 0 Å². The first-order valence-electron chi connectivity index (χ1n) is 5.91. The Morgan fingerprint density at radius 3 is 2.70 bits per heavy atom. The molecule has 0 bridgehead atoms. The van der Waals surface area contributed by atoms with Gasteiger partial charge in [0.1, 0.15) is 11.9 Å². The normalized spacial score (nSPS) is 11.9. The van der Waals surface area contributed by atoms with Gasteiger partial charge in [-0.1, -0.05) is 15.9 Å². The summed E-state index contributed by atoms with van der Waals surface area (Å²) in [6.45, 7) is 1.29. The van der Waals surface area contributed by atoms with Crippen LogP contribution in [0.4, 0.5) is 4.39 Å². The number of nitrogens with one attached hydrogen (secondary N) is 1. The molecule has 1 rings (SSSR count). The largest absolute Gasteiger partial charge is 0.480 e. The van der Waals surface area contributed by atoms with Crippen LogP contribution < -0.4 is 5.32 Å². The van der Waals surface area contributed by atoms with Crippen molar-refractivity contribution < 1.29 is 19.1 Å². The number of carboxylic acids is 1. The van der Waals surface area contributed by atoms with E-state index in [-0.39, 0.29) is 11.7 Å². The van der Waals surface area contributed by atoms with E-state index in [1.807, 2.05) is 6.07 Å². The molecule has 0 heterocycles. The number of amides is 1. The van der Waals surface area contributed by atoms with E-state index in [0.29, 0.717) is 22.4 Å². The molecule has 20 heavy (non-hydrogen) atoms. The van der Waals surface area contributed by atoms with Gasteiger partial charge in [-0.2, -0.15) is 11.8 Å². The maximum absolute atomic E-state index is 13.2. The molecule has 0 fully saturated rings. The van der Waals surface area contributed by atoms with Crippen molar-refractivity contribution in [3.05, 3.63) is 34.1 Å². The van der Waals surface area contributed by atoms with E-state index in [0.717, 1.165) is 5.56 Å². The molecule has 1 aromatic carbocycles. The predicted molar refractivity (Wildman–Crippen MR) is 80.1 cm³/mol. The minimum atomic E-state index is -1.05. The molecule has 0 saturated heterocycles. The van der Waals surface area contributed by atoms with Crippen LogP contribution in [0, 0.1) is 5.82 Å². The van der Waals surface area contributed by atoms with E-state index in [1.54, 1.807) is 0 Å². The number of halogens is 2. The second-order valence-corrected chi connectivity index (χ2v) is 6.23. The Hall–Kier alpha value is -1.08. The second-order valence-electron chi connectivity index (χ2n) is 4.21. The summed E-state index contributed by atoms with van der Waals surface area (Å²) in [5, 5.41) is 11.3. The third-order valence-corrected chi connectivity index (χ3v) is 3.94. The Morgan fingerprint density at radius 2 is 2.15 bits per heavy atom. The third-order valence-electron chi connectivity index (χ3n) is 2.42. The fourth-order valence-electron chi connectivity index (χ4n) is 1.59. The molecular weight excluding hydrogens is 349 g/mol. The number of rotatable bonds is 7. The number of benzene rings is 1. The number of thioether (sulfide) groups is 1. The van der Waals surface area contributed by atoms with Crippen LogP contribution in [0.5, 0.6) is 0 Å². The average molecular weight is 364 g/mol. The van der Waals surface area contributed by atoms with Gasteiger partial charge in [0.2, 0.25) is 5.91 Å². The highest BCUT2D eigenvalue weighted by atomic mass is 79.9. The summed E-state index contributed by atoms with van der Waals surface area (Å²) in [6, 6.07) is 3.77. The van der Waals surface area contributed by atoms with Gasteiger partial charge >= 0.3 is 5.97 Å². The Bertz CT molecular complexity index is 478. The smallest absolute Gasteiger partial charge is 0.326 e. The molecule has 1 aromatic rings. The minimum Gasteiger partial charge on any atom is -0.480 e. The quantitative estimate of drug-likeness (QED) is 0.731. The highest BCUT2D eigenvalue weighted by Crippen LogP contribution is 2.20. The fourth-order valence-corrected chi connectivity index (χ4v) is 3.05. The number of hydrogen-bond donors (Lipinski definition) is 2. The number of carbonyl (C=O) groups is 2. The zero-order valence-corrected chi connectivity index (χ0v) is 13.3. The first-order valence-corrected chi connectivity index (χ1v) is 7.86. The van der Waals surface area contributed by atoms with Crippen LogP contribution in [-0.4, -0.2) is 28.8 Å². The zero-order chi connectivity index (χ0) is 15.1. The Balaban J connectivity index is 2.39. The summed E-state index contributed by atoms with van der Waals surface area (Å²) in [6.07, 6.45) is 0.329. The van der Waals surface area contributed by atoms with Gasteiger partial charge in [-0.3, -0.25) is 4.79 Å². The van der Waals surface area contributed by atoms with Gasteiger partial charge in [0.05, 0.1) is 0 Å². The van der Waals surface area contributed by atoms with Gasteiger partial charge in [-0.05, 0) is 35.9 Å². The molecule has 1 amide bonds. The monoisotopic (exact) mass is 363 g/mol. The van der Waals surface area contributed by atoms with Crippen LogP contribution in [0.3, 0.4) is 0 Å². The van der Waals surface area contributed by atoms with Gasteiger partial charge in [-0.25, -0.2) is 9.18 Å². The number of carbonyl (C=O) groups excluding carboxylic acids is 1. The van der Waals surface area contributed by atoms with Crippen LogP contribution >= 0.6 is 27.7 Å². The summed E-state index contributed by atoms with van der Waals surface area (Å²) in [5.74, 6) is -0.573. The maximum Gasteiger partial charge on any atom is 0.326 e. The second kappa shape index (κ2) is 8.26. The van der Waals surface area contributed by atoms with Crippen LogP contribution in [0.2, 0.25) is 0 Å². The topological polar surface area (TPSA) is 66.4 Å². The van der Waals surface area contributed by atoms with E-state index >= 15 is 0 Å². The summed E-state index contributed by atoms with van der Waals surface area (Å²) in [5.41, 5.74) is 0.827. The van der Waals surface area contributed by atoms with Crippen LogP contribution in [0.25, 0.3) is 0 Å². The molecule has 7 heteroatoms. The standard InChI is InChI=1S/C13H15BrFNO3S/c1-8(17)16-12(13(18)19)2-3-20-7-9-4-10(14)6-11(15)5-9/h4-6,12H,2-3,7H2,1H3,(H,16,17)(H,18,19). The number of carboxylic acid groups (broad SMARTS) is 1. The first kappa shape index (κ1) is 17.0. The van der Waals surface area contributed by atoms with E-state index in [2.05, 4.69) is 21.2 Å². The van der Waals surface area contributed by atoms with Gasteiger partial charge < -0.3 is 10.4 Å². The molecule has 0 aliphatic heterocycles. The van der Waals surface area contributed by atoms with Gasteiger partial charge in [0, 0.05) is 17.1 Å². The lowest BCUT2D eigenvalue weighted by Gasteiger charge is -2.12. The van der Waals surface area contributed by atoms with Crippen LogP contribution in [-0.2, 0) is 15.3 Å². The van der Waals surface area contributed by atoms with Crippen molar-refractivity contribution in [2.75, 3.05) is 5.75 Å². The fraction of sp³-hybridized carbons (Fsp3) is 0.385. The Labute approximate surface area is 129 Å². The van der Waals surface area contributed by atoms with Gasteiger partial charge in [0.25, 0.3) is 0 Å². The lowest BCUT2D eigenvalue weighted by atomic mass is 10.2. The molecule has 1 atom stereocenters. The van der Waals surface area contributed by atoms with Crippen LogP contribution in [0.1, 0.15) is 18.9 Å². The summed E-state index contributed by atoms with van der Waals surface area (Å²) >= 11 is 4.71. The number of aliphatic carboxylic acids is 1. The molecule has 0 spiro atoms. The molecular formula is C13H15BrFNO3S. The molecule has 2 N–H and O–H groups in total. The highest BCUT2D eigenvalue weighted by molar-refractivity contribution is 9.10. The molecule has 0 radical (unpaired) electrons. The van der Waals surface area contributed by atoms with Gasteiger partial charge in [-0.15, -0.1) is 0 Å². The molecule has 110 valence electrons. The minimum absolute atomic E-state index is 0.309. The molecule has 0 saturated carbocycles. The summed E-state index contributed by atoms with van der Waals surface area (Å²) < 4.78 is 13.8. The van der Waals surface area contributed by atoms with Crippen molar-refractivity contribution in [1.29, 1.82) is 0 Å². The van der Waals surface area contributed by atoms with E-state index < -0.39 is 12.0 Å². The van der Waals surface area contributed by atoms with Crippen molar-refractivity contribution in [3.8, 4) is 0 Å². The molecule has 0 aliphatic rings. The first-order chi connectivity index (χ1) is 9.38. The SMILES string of the molecule is CC(=O)NC(CCSCc1cc(F)cc(Br)c1)C(=O)O. The van der Waals surface area contributed by atoms with E-state index in [4.69, 9.17) is 5.11 Å². The van der Waals surface area contributed by atoms with Crippen LogP contribution in [0.15, 0.2) is 22.7 Å². The molecule has 1 unspecified atom stereocenters. The Kier molecular flexibility index (Phi) is 7.01. The van der Waals surface area contributed by atoms with Crippen molar-refractivity contribution >= 4 is 39.6 Å². The van der Waals surface area contributed by atoms with E-state index in [1.165, 1.54) is 30.8 Å². The summed E-state index contributed by atoms with van der Waals surface area (Å²) in [4.78, 5) is 21.8. The lowest BCUT2D eigenvalue weighted by Crippen LogP contribution is -2.39. The maximum atomic E-state index is 13.2. The summed E-state index contributed by atoms with van der Waals surface area (Å²) in [7, 11) is 0. The lowest BCUT2D eigenvalue weighted by molar-refractivity contribution is -0.141. The predicted octanol–water partition coefficient (Wildman–Crippen LogP) is 2.80.